The molecule has 182 valence electrons. The van der Waals surface area contributed by atoms with E-state index in [0.717, 1.165) is 17.5 Å². The van der Waals surface area contributed by atoms with Crippen LogP contribution in [-0.4, -0.2) is 50.8 Å². The number of ether oxygens (including phenoxy) is 1. The quantitative estimate of drug-likeness (QED) is 0.679. The maximum absolute atomic E-state index is 13.4. The van der Waals surface area contributed by atoms with Crippen molar-refractivity contribution in [3.05, 3.63) is 53.6 Å². The molecule has 0 aliphatic carbocycles. The number of carbonyl (C=O) groups is 2. The Bertz CT molecular complexity index is 1170. The molecule has 8 nitrogen and oxygen atoms in total. The van der Waals surface area contributed by atoms with Crippen molar-refractivity contribution in [3.8, 4) is 5.75 Å². The molecule has 2 aromatic rings. The van der Waals surface area contributed by atoms with Gasteiger partial charge in [0.1, 0.15) is 12.3 Å². The summed E-state index contributed by atoms with van der Waals surface area (Å²) in [4.78, 5) is 26.6. The molecule has 0 aromatic heterocycles. The van der Waals surface area contributed by atoms with E-state index in [1.54, 1.807) is 6.07 Å². The summed E-state index contributed by atoms with van der Waals surface area (Å²) in [5.41, 5.74) is 2.37. The van der Waals surface area contributed by atoms with Crippen molar-refractivity contribution in [2.24, 2.45) is 11.8 Å². The van der Waals surface area contributed by atoms with Gasteiger partial charge in [-0.15, -0.1) is 0 Å². The fourth-order valence-electron chi connectivity index (χ4n) is 4.57. The SMILES string of the molecule is Cc1ccc(CNC(=O)CN2C(=O)COc3ccc(S(=O)(=O)N4C[C@H](C)C[C@@H](C)C4)cc32)cc1. The maximum atomic E-state index is 13.4. The molecule has 0 saturated carbocycles. The first-order valence-corrected chi connectivity index (χ1v) is 13.0. The molecule has 1 fully saturated rings. The van der Waals surface area contributed by atoms with Gasteiger partial charge < -0.3 is 10.1 Å². The molecule has 1 saturated heterocycles. The fraction of sp³-hybridized carbons (Fsp3) is 0.440. The van der Waals surface area contributed by atoms with Gasteiger partial charge in [0, 0.05) is 19.6 Å². The van der Waals surface area contributed by atoms with Crippen LogP contribution in [0, 0.1) is 18.8 Å². The Hall–Kier alpha value is -2.91. The average Bonchev–Trinajstić information content (AvgIpc) is 2.79. The number of hydrogen-bond acceptors (Lipinski definition) is 5. The van der Waals surface area contributed by atoms with Gasteiger partial charge in [0.2, 0.25) is 15.9 Å². The summed E-state index contributed by atoms with van der Waals surface area (Å²) < 4.78 is 33.7. The third-order valence-corrected chi connectivity index (χ3v) is 8.09. The molecule has 9 heteroatoms. The zero-order chi connectivity index (χ0) is 24.5. The third-order valence-electron chi connectivity index (χ3n) is 6.26. The Labute approximate surface area is 200 Å². The van der Waals surface area contributed by atoms with E-state index in [1.807, 2.05) is 31.2 Å². The highest BCUT2D eigenvalue weighted by molar-refractivity contribution is 7.89. The molecule has 0 radical (unpaired) electrons. The maximum Gasteiger partial charge on any atom is 0.265 e. The molecule has 0 spiro atoms. The Kier molecular flexibility index (Phi) is 6.95. The minimum atomic E-state index is -3.74. The molecule has 2 heterocycles. The van der Waals surface area contributed by atoms with E-state index in [0.29, 0.717) is 31.1 Å². The molecule has 2 aromatic carbocycles. The lowest BCUT2D eigenvalue weighted by atomic mass is 9.94. The van der Waals surface area contributed by atoms with Crippen molar-refractivity contribution in [1.29, 1.82) is 0 Å². The number of aryl methyl sites for hydroxylation is 1. The summed E-state index contributed by atoms with van der Waals surface area (Å²) in [5, 5.41) is 2.82. The third kappa shape index (κ3) is 5.26. The standard InChI is InChI=1S/C25H31N3O5S/c1-17-4-6-20(7-5-17)12-26-24(29)15-28-22-11-21(8-9-23(22)33-16-25(28)30)34(31,32)27-13-18(2)10-19(3)14-27/h4-9,11,18-19H,10,12-16H2,1-3H3,(H,26,29)/t18-,19-/m1/s1. The number of nitrogens with zero attached hydrogens (tertiary/aromatic N) is 2. The van der Waals surface area contributed by atoms with Crippen molar-refractivity contribution in [1.82, 2.24) is 9.62 Å². The minimum Gasteiger partial charge on any atom is -0.482 e. The summed E-state index contributed by atoms with van der Waals surface area (Å²) in [5.74, 6) is 0.191. The molecule has 34 heavy (non-hydrogen) atoms. The lowest BCUT2D eigenvalue weighted by molar-refractivity contribution is -0.125. The predicted octanol–water partition coefficient (Wildman–Crippen LogP) is 2.70. The second-order valence-corrected chi connectivity index (χ2v) is 11.4. The van der Waals surface area contributed by atoms with E-state index in [1.165, 1.54) is 21.3 Å². The highest BCUT2D eigenvalue weighted by Gasteiger charge is 2.34. The zero-order valence-electron chi connectivity index (χ0n) is 19.8. The molecule has 1 N–H and O–H groups in total. The van der Waals surface area contributed by atoms with Gasteiger partial charge in [-0.1, -0.05) is 43.7 Å². The number of rotatable bonds is 6. The number of nitrogens with one attached hydrogen (secondary N) is 1. The molecule has 4 rings (SSSR count). The van der Waals surface area contributed by atoms with Crippen LogP contribution in [0.4, 0.5) is 5.69 Å². The second-order valence-electron chi connectivity index (χ2n) is 9.43. The smallest absolute Gasteiger partial charge is 0.265 e. The van der Waals surface area contributed by atoms with Crippen LogP contribution < -0.4 is 15.0 Å². The van der Waals surface area contributed by atoms with Crippen molar-refractivity contribution in [2.45, 2.75) is 38.6 Å². The Balaban J connectivity index is 1.53. The number of anilines is 1. The number of sulfonamides is 1. The zero-order valence-corrected chi connectivity index (χ0v) is 20.6. The van der Waals surface area contributed by atoms with E-state index in [-0.39, 0.29) is 35.8 Å². The molecular formula is C25H31N3O5S. The molecular weight excluding hydrogens is 454 g/mol. The van der Waals surface area contributed by atoms with Gasteiger partial charge in [-0.3, -0.25) is 14.5 Å². The van der Waals surface area contributed by atoms with Crippen molar-refractivity contribution in [2.75, 3.05) is 31.1 Å². The summed E-state index contributed by atoms with van der Waals surface area (Å²) in [6, 6.07) is 12.3. The van der Waals surface area contributed by atoms with Crippen LogP contribution in [0.2, 0.25) is 0 Å². The topological polar surface area (TPSA) is 96.0 Å². The normalized spacial score (nSPS) is 21.0. The molecule has 2 amide bonds. The Morgan fingerprint density at radius 2 is 1.76 bits per heavy atom. The summed E-state index contributed by atoms with van der Waals surface area (Å²) >= 11 is 0. The van der Waals surface area contributed by atoms with E-state index in [4.69, 9.17) is 4.74 Å². The van der Waals surface area contributed by atoms with Gasteiger partial charge in [0.25, 0.3) is 5.91 Å². The first-order valence-electron chi connectivity index (χ1n) is 11.5. The minimum absolute atomic E-state index is 0.0934. The van der Waals surface area contributed by atoms with Gasteiger partial charge in [0.05, 0.1) is 10.6 Å². The van der Waals surface area contributed by atoms with Crippen LogP contribution in [0.3, 0.4) is 0 Å². The van der Waals surface area contributed by atoms with Crippen LogP contribution in [0.5, 0.6) is 5.75 Å². The number of fused-ring (bicyclic) bond motifs is 1. The largest absolute Gasteiger partial charge is 0.482 e. The van der Waals surface area contributed by atoms with E-state index in [2.05, 4.69) is 19.2 Å². The van der Waals surface area contributed by atoms with Crippen LogP contribution in [0.1, 0.15) is 31.4 Å². The van der Waals surface area contributed by atoms with Crippen LogP contribution >= 0.6 is 0 Å². The monoisotopic (exact) mass is 485 g/mol. The molecule has 2 atom stereocenters. The average molecular weight is 486 g/mol. The fourth-order valence-corrected chi connectivity index (χ4v) is 6.27. The molecule has 0 unspecified atom stereocenters. The van der Waals surface area contributed by atoms with Gasteiger partial charge in [-0.2, -0.15) is 4.31 Å². The number of hydrogen-bond donors (Lipinski definition) is 1. The lowest BCUT2D eigenvalue weighted by Gasteiger charge is -2.34. The van der Waals surface area contributed by atoms with Gasteiger partial charge >= 0.3 is 0 Å². The molecule has 2 aliphatic rings. The Morgan fingerprint density at radius 3 is 2.44 bits per heavy atom. The Morgan fingerprint density at radius 1 is 1.09 bits per heavy atom. The first kappa shape index (κ1) is 24.2. The van der Waals surface area contributed by atoms with Gasteiger partial charge in [-0.05, 0) is 48.9 Å². The number of carbonyl (C=O) groups excluding carboxylic acids is 2. The number of amides is 2. The van der Waals surface area contributed by atoms with Gasteiger partial charge in [0.15, 0.2) is 6.61 Å². The van der Waals surface area contributed by atoms with Crippen molar-refractivity contribution in [3.63, 3.8) is 0 Å². The highest BCUT2D eigenvalue weighted by Crippen LogP contribution is 2.36. The van der Waals surface area contributed by atoms with Crippen LogP contribution in [0.15, 0.2) is 47.4 Å². The second kappa shape index (κ2) is 9.76. The van der Waals surface area contributed by atoms with Gasteiger partial charge in [-0.25, -0.2) is 8.42 Å². The van der Waals surface area contributed by atoms with E-state index in [9.17, 15) is 18.0 Å². The molecule has 0 bridgehead atoms. The van der Waals surface area contributed by atoms with Crippen molar-refractivity contribution >= 4 is 27.5 Å². The summed E-state index contributed by atoms with van der Waals surface area (Å²) in [6.45, 7) is 6.93. The highest BCUT2D eigenvalue weighted by atomic mass is 32.2. The van der Waals surface area contributed by atoms with Crippen LogP contribution in [0.25, 0.3) is 0 Å². The van der Waals surface area contributed by atoms with Crippen LogP contribution in [-0.2, 0) is 26.2 Å². The van der Waals surface area contributed by atoms with E-state index < -0.39 is 15.9 Å². The van der Waals surface area contributed by atoms with Crippen molar-refractivity contribution < 1.29 is 22.7 Å². The predicted molar refractivity (Wildman–Crippen MR) is 129 cm³/mol. The van der Waals surface area contributed by atoms with E-state index >= 15 is 0 Å². The first-order chi connectivity index (χ1) is 16.1. The number of piperidine rings is 1. The number of benzene rings is 2. The lowest BCUT2D eigenvalue weighted by Crippen LogP contribution is -2.45. The summed E-state index contributed by atoms with van der Waals surface area (Å²) in [7, 11) is -3.74. The summed E-state index contributed by atoms with van der Waals surface area (Å²) in [6.07, 6.45) is 0.990. The molecule has 2 aliphatic heterocycles.